The third-order valence-electron chi connectivity index (χ3n) is 4.48. The summed E-state index contributed by atoms with van der Waals surface area (Å²) in [6.45, 7) is 4.32. The maximum absolute atomic E-state index is 13.1. The van der Waals surface area contributed by atoms with Crippen LogP contribution < -0.4 is 5.32 Å². The lowest BCUT2D eigenvalue weighted by atomic mass is 10.0. The minimum Gasteiger partial charge on any atom is -0.357 e. The molecule has 2 rings (SSSR count). The predicted octanol–water partition coefficient (Wildman–Crippen LogP) is 3.74. The highest BCUT2D eigenvalue weighted by molar-refractivity contribution is 6.30. The zero-order valence-corrected chi connectivity index (χ0v) is 16.2. The van der Waals surface area contributed by atoms with Crippen molar-refractivity contribution in [2.24, 2.45) is 0 Å². The Labute approximate surface area is 160 Å². The monoisotopic (exact) mass is 372 g/mol. The summed E-state index contributed by atoms with van der Waals surface area (Å²) in [5.41, 5.74) is 2.97. The van der Waals surface area contributed by atoms with Gasteiger partial charge in [0.1, 0.15) is 6.04 Å². The molecule has 0 spiro atoms. The van der Waals surface area contributed by atoms with E-state index in [1.54, 1.807) is 24.1 Å². The van der Waals surface area contributed by atoms with Crippen molar-refractivity contribution in [2.45, 2.75) is 39.3 Å². The van der Waals surface area contributed by atoms with E-state index < -0.39 is 6.04 Å². The Morgan fingerprint density at radius 3 is 2.50 bits per heavy atom. The molecule has 138 valence electrons. The molecule has 2 aromatic carbocycles. The maximum Gasteiger partial charge on any atom is 0.242 e. The third-order valence-corrected chi connectivity index (χ3v) is 4.71. The van der Waals surface area contributed by atoms with Gasteiger partial charge in [-0.25, -0.2) is 0 Å². The highest BCUT2D eigenvalue weighted by Crippen LogP contribution is 2.18. The molecule has 26 heavy (non-hydrogen) atoms. The summed E-state index contributed by atoms with van der Waals surface area (Å²) in [6.07, 6.45) is 0.757. The van der Waals surface area contributed by atoms with Crippen LogP contribution in [0.2, 0.25) is 5.02 Å². The largest absolute Gasteiger partial charge is 0.357 e. The average Bonchev–Trinajstić information content (AvgIpc) is 2.62. The maximum atomic E-state index is 13.1. The molecule has 4 nitrogen and oxygen atoms in total. The molecule has 0 radical (unpaired) electrons. The number of halogens is 1. The second-order valence-corrected chi connectivity index (χ2v) is 6.73. The van der Waals surface area contributed by atoms with Gasteiger partial charge in [-0.15, -0.1) is 0 Å². The number of rotatable bonds is 7. The molecule has 0 saturated carbocycles. The quantitative estimate of drug-likeness (QED) is 0.804. The summed E-state index contributed by atoms with van der Waals surface area (Å²) < 4.78 is 0. The number of benzene rings is 2. The number of likely N-dealkylation sites (N-methyl/N-ethyl adjacent to an activating group) is 1. The molecule has 0 heterocycles. The molecule has 0 aliphatic carbocycles. The van der Waals surface area contributed by atoms with Gasteiger partial charge in [0.15, 0.2) is 0 Å². The summed E-state index contributed by atoms with van der Waals surface area (Å²) in [7, 11) is 1.60. The van der Waals surface area contributed by atoms with E-state index in [-0.39, 0.29) is 18.2 Å². The molecule has 0 aliphatic rings. The van der Waals surface area contributed by atoms with Gasteiger partial charge in [-0.2, -0.15) is 0 Å². The van der Waals surface area contributed by atoms with Gasteiger partial charge in [0.05, 0.1) is 6.42 Å². The van der Waals surface area contributed by atoms with Crippen LogP contribution in [0.15, 0.2) is 48.5 Å². The molecule has 0 aliphatic heterocycles. The standard InChI is InChI=1S/C21H25ClN2O2/c1-4-19(21(26)23-3)24(14-17-10-6-5-8-15(17)2)20(25)13-16-9-7-11-18(22)12-16/h5-12,19H,4,13-14H2,1-3H3,(H,23,26)/t19-/m1/s1. The minimum absolute atomic E-state index is 0.0917. The molecule has 0 aromatic heterocycles. The first kappa shape index (κ1) is 20.0. The van der Waals surface area contributed by atoms with Gasteiger partial charge in [0.2, 0.25) is 11.8 Å². The summed E-state index contributed by atoms with van der Waals surface area (Å²) in [5, 5.41) is 3.27. The SMILES string of the molecule is CC[C@H](C(=O)NC)N(Cc1ccccc1C)C(=O)Cc1cccc(Cl)c1. The molecule has 0 saturated heterocycles. The lowest BCUT2D eigenvalue weighted by Gasteiger charge is -2.31. The van der Waals surface area contributed by atoms with Crippen molar-refractivity contribution in [2.75, 3.05) is 7.05 Å². The first-order valence-corrected chi connectivity index (χ1v) is 9.14. The molecule has 2 aromatic rings. The molecule has 0 unspecified atom stereocenters. The molecular weight excluding hydrogens is 348 g/mol. The number of carbonyl (C=O) groups is 2. The van der Waals surface area contributed by atoms with E-state index in [0.29, 0.717) is 18.0 Å². The Morgan fingerprint density at radius 1 is 1.15 bits per heavy atom. The van der Waals surface area contributed by atoms with Gasteiger partial charge >= 0.3 is 0 Å². The van der Waals surface area contributed by atoms with E-state index >= 15 is 0 Å². The Morgan fingerprint density at radius 2 is 1.88 bits per heavy atom. The van der Waals surface area contributed by atoms with Crippen molar-refractivity contribution in [3.8, 4) is 0 Å². The fraction of sp³-hybridized carbons (Fsp3) is 0.333. The van der Waals surface area contributed by atoms with E-state index in [1.165, 1.54) is 0 Å². The van der Waals surface area contributed by atoms with Crippen molar-refractivity contribution in [1.29, 1.82) is 0 Å². The van der Waals surface area contributed by atoms with Gasteiger partial charge in [-0.1, -0.05) is 54.9 Å². The van der Waals surface area contributed by atoms with Crippen molar-refractivity contribution in [3.63, 3.8) is 0 Å². The number of amides is 2. The summed E-state index contributed by atoms with van der Waals surface area (Å²) in [5.74, 6) is -0.244. The number of aryl methyl sites for hydroxylation is 1. The first-order chi connectivity index (χ1) is 12.5. The lowest BCUT2D eigenvalue weighted by Crippen LogP contribution is -2.48. The predicted molar refractivity (Wildman–Crippen MR) is 105 cm³/mol. The van der Waals surface area contributed by atoms with E-state index in [1.807, 2.05) is 50.2 Å². The van der Waals surface area contributed by atoms with Gasteiger partial charge in [-0.3, -0.25) is 9.59 Å². The van der Waals surface area contributed by atoms with Crippen LogP contribution in [0.25, 0.3) is 0 Å². The van der Waals surface area contributed by atoms with E-state index in [4.69, 9.17) is 11.6 Å². The highest BCUT2D eigenvalue weighted by atomic mass is 35.5. The lowest BCUT2D eigenvalue weighted by molar-refractivity contribution is -0.140. The fourth-order valence-corrected chi connectivity index (χ4v) is 3.19. The number of hydrogen-bond acceptors (Lipinski definition) is 2. The molecule has 0 bridgehead atoms. The Balaban J connectivity index is 2.30. The van der Waals surface area contributed by atoms with Gasteiger partial charge in [0, 0.05) is 18.6 Å². The molecule has 1 atom stereocenters. The van der Waals surface area contributed by atoms with Crippen molar-refractivity contribution in [1.82, 2.24) is 10.2 Å². The van der Waals surface area contributed by atoms with Crippen molar-refractivity contribution in [3.05, 3.63) is 70.2 Å². The summed E-state index contributed by atoms with van der Waals surface area (Å²) in [6, 6.07) is 14.7. The second kappa shape index (κ2) is 9.39. The van der Waals surface area contributed by atoms with Crippen LogP contribution in [0.4, 0.5) is 0 Å². The van der Waals surface area contributed by atoms with Crippen LogP contribution in [0, 0.1) is 6.92 Å². The summed E-state index contributed by atoms with van der Waals surface area (Å²) >= 11 is 6.03. The van der Waals surface area contributed by atoms with Crippen LogP contribution in [0.1, 0.15) is 30.0 Å². The number of nitrogens with zero attached hydrogens (tertiary/aromatic N) is 1. The van der Waals surface area contributed by atoms with Crippen molar-refractivity contribution < 1.29 is 9.59 Å². The van der Waals surface area contributed by atoms with Gasteiger partial charge in [0.25, 0.3) is 0 Å². The zero-order valence-electron chi connectivity index (χ0n) is 15.5. The fourth-order valence-electron chi connectivity index (χ4n) is 2.98. The van der Waals surface area contributed by atoms with Crippen LogP contribution in [0.3, 0.4) is 0 Å². The topological polar surface area (TPSA) is 49.4 Å². The molecule has 0 fully saturated rings. The normalized spacial score (nSPS) is 11.7. The third kappa shape index (κ3) is 5.09. The molecular formula is C21H25ClN2O2. The van der Waals surface area contributed by atoms with Crippen LogP contribution >= 0.6 is 11.6 Å². The van der Waals surface area contributed by atoms with Crippen LogP contribution in [-0.2, 0) is 22.6 Å². The number of carbonyl (C=O) groups excluding carboxylic acids is 2. The van der Waals surface area contributed by atoms with Crippen LogP contribution in [-0.4, -0.2) is 29.8 Å². The average molecular weight is 373 g/mol. The molecule has 5 heteroatoms. The van der Waals surface area contributed by atoms with Gasteiger partial charge < -0.3 is 10.2 Å². The molecule has 1 N–H and O–H groups in total. The van der Waals surface area contributed by atoms with E-state index in [0.717, 1.165) is 16.7 Å². The number of hydrogen-bond donors (Lipinski definition) is 1. The molecule has 2 amide bonds. The highest BCUT2D eigenvalue weighted by Gasteiger charge is 2.28. The zero-order chi connectivity index (χ0) is 19.1. The Bertz CT molecular complexity index is 776. The van der Waals surface area contributed by atoms with E-state index in [2.05, 4.69) is 5.32 Å². The van der Waals surface area contributed by atoms with Crippen molar-refractivity contribution >= 4 is 23.4 Å². The number of nitrogens with one attached hydrogen (secondary N) is 1. The minimum atomic E-state index is -0.508. The first-order valence-electron chi connectivity index (χ1n) is 8.76. The summed E-state index contributed by atoms with van der Waals surface area (Å²) in [4.78, 5) is 27.1. The second-order valence-electron chi connectivity index (χ2n) is 6.29. The smallest absolute Gasteiger partial charge is 0.242 e. The van der Waals surface area contributed by atoms with E-state index in [9.17, 15) is 9.59 Å². The van der Waals surface area contributed by atoms with Gasteiger partial charge in [-0.05, 0) is 42.2 Å². The Kier molecular flexibility index (Phi) is 7.22. The van der Waals surface area contributed by atoms with Crippen LogP contribution in [0.5, 0.6) is 0 Å². The Hall–Kier alpha value is -2.33.